The SMILES string of the molecule is COc1cccc(CC(=O)Nc2ccccc2-n2cncn2)c1. The summed E-state index contributed by atoms with van der Waals surface area (Å²) in [5.74, 6) is 0.629. The Labute approximate surface area is 133 Å². The summed E-state index contributed by atoms with van der Waals surface area (Å²) < 4.78 is 6.78. The third-order valence-corrected chi connectivity index (χ3v) is 3.34. The number of carbonyl (C=O) groups excluding carboxylic acids is 1. The van der Waals surface area contributed by atoms with Crippen molar-refractivity contribution in [2.24, 2.45) is 0 Å². The van der Waals surface area contributed by atoms with Crippen molar-refractivity contribution in [3.05, 3.63) is 66.7 Å². The van der Waals surface area contributed by atoms with Gasteiger partial charge in [0.1, 0.15) is 18.4 Å². The molecule has 116 valence electrons. The minimum atomic E-state index is -0.106. The second-order valence-electron chi connectivity index (χ2n) is 4.93. The van der Waals surface area contributed by atoms with Crippen LogP contribution < -0.4 is 10.1 Å². The molecule has 0 saturated heterocycles. The zero-order chi connectivity index (χ0) is 16.1. The Morgan fingerprint density at radius 1 is 1.22 bits per heavy atom. The van der Waals surface area contributed by atoms with Crippen LogP contribution in [0.25, 0.3) is 5.69 Å². The molecule has 23 heavy (non-hydrogen) atoms. The lowest BCUT2D eigenvalue weighted by Gasteiger charge is -2.11. The summed E-state index contributed by atoms with van der Waals surface area (Å²) in [5.41, 5.74) is 2.34. The molecule has 0 aliphatic rings. The van der Waals surface area contributed by atoms with Crippen LogP contribution in [0.4, 0.5) is 5.69 Å². The van der Waals surface area contributed by atoms with Gasteiger partial charge >= 0.3 is 0 Å². The van der Waals surface area contributed by atoms with Crippen LogP contribution >= 0.6 is 0 Å². The van der Waals surface area contributed by atoms with E-state index in [1.54, 1.807) is 18.1 Å². The topological polar surface area (TPSA) is 69.0 Å². The molecule has 3 aromatic rings. The first kappa shape index (κ1) is 14.8. The fraction of sp³-hybridized carbons (Fsp3) is 0.118. The lowest BCUT2D eigenvalue weighted by Crippen LogP contribution is -2.16. The van der Waals surface area contributed by atoms with Crippen molar-refractivity contribution in [3.63, 3.8) is 0 Å². The fourth-order valence-electron chi connectivity index (χ4n) is 2.27. The minimum Gasteiger partial charge on any atom is -0.497 e. The number of para-hydroxylation sites is 2. The standard InChI is InChI=1S/C17H16N4O2/c1-23-14-6-4-5-13(9-14)10-17(22)20-15-7-2-3-8-16(15)21-12-18-11-19-21/h2-9,11-12H,10H2,1H3,(H,20,22). The Kier molecular flexibility index (Phi) is 4.33. The van der Waals surface area contributed by atoms with Gasteiger partial charge in [0.05, 0.1) is 24.9 Å². The van der Waals surface area contributed by atoms with Gasteiger partial charge in [0, 0.05) is 0 Å². The molecule has 0 radical (unpaired) electrons. The van der Waals surface area contributed by atoms with Crippen LogP contribution in [0.1, 0.15) is 5.56 Å². The Morgan fingerprint density at radius 3 is 2.87 bits per heavy atom. The lowest BCUT2D eigenvalue weighted by atomic mass is 10.1. The van der Waals surface area contributed by atoms with Crippen LogP contribution in [0.3, 0.4) is 0 Å². The van der Waals surface area contributed by atoms with Gasteiger partial charge in [-0.25, -0.2) is 9.67 Å². The number of aromatic nitrogens is 3. The molecule has 0 fully saturated rings. The Balaban J connectivity index is 1.76. The average molecular weight is 308 g/mol. The predicted molar refractivity (Wildman–Crippen MR) is 86.7 cm³/mol. The Hall–Kier alpha value is -3.15. The van der Waals surface area contributed by atoms with E-state index in [9.17, 15) is 4.79 Å². The van der Waals surface area contributed by atoms with Gasteiger partial charge in [0.25, 0.3) is 0 Å². The van der Waals surface area contributed by atoms with Crippen LogP contribution in [0.15, 0.2) is 61.2 Å². The highest BCUT2D eigenvalue weighted by Crippen LogP contribution is 2.19. The maximum absolute atomic E-state index is 12.3. The van der Waals surface area contributed by atoms with E-state index in [2.05, 4.69) is 15.4 Å². The number of benzene rings is 2. The van der Waals surface area contributed by atoms with Crippen molar-refractivity contribution in [3.8, 4) is 11.4 Å². The first-order chi connectivity index (χ1) is 11.3. The number of anilines is 1. The zero-order valence-electron chi connectivity index (χ0n) is 12.6. The summed E-state index contributed by atoms with van der Waals surface area (Å²) in [6.45, 7) is 0. The molecule has 6 heteroatoms. The van der Waals surface area contributed by atoms with E-state index in [-0.39, 0.29) is 12.3 Å². The van der Waals surface area contributed by atoms with E-state index < -0.39 is 0 Å². The van der Waals surface area contributed by atoms with Crippen molar-refractivity contribution < 1.29 is 9.53 Å². The molecule has 2 aromatic carbocycles. The normalized spacial score (nSPS) is 10.3. The lowest BCUT2D eigenvalue weighted by molar-refractivity contribution is -0.115. The molecule has 1 aromatic heterocycles. The minimum absolute atomic E-state index is 0.106. The number of amides is 1. The summed E-state index contributed by atoms with van der Waals surface area (Å²) in [4.78, 5) is 16.2. The molecule has 6 nitrogen and oxygen atoms in total. The molecule has 0 saturated carbocycles. The van der Waals surface area contributed by atoms with E-state index in [0.717, 1.165) is 17.0 Å². The van der Waals surface area contributed by atoms with Crippen LogP contribution in [0.5, 0.6) is 5.75 Å². The largest absolute Gasteiger partial charge is 0.497 e. The van der Waals surface area contributed by atoms with Gasteiger partial charge in [-0.15, -0.1) is 0 Å². The maximum atomic E-state index is 12.3. The third kappa shape index (κ3) is 3.55. The van der Waals surface area contributed by atoms with Crippen molar-refractivity contribution in [2.75, 3.05) is 12.4 Å². The molecular formula is C17H16N4O2. The zero-order valence-corrected chi connectivity index (χ0v) is 12.6. The fourth-order valence-corrected chi connectivity index (χ4v) is 2.27. The quantitative estimate of drug-likeness (QED) is 0.786. The van der Waals surface area contributed by atoms with Gasteiger partial charge in [-0.1, -0.05) is 24.3 Å². The summed E-state index contributed by atoms with van der Waals surface area (Å²) in [6, 6.07) is 14.9. The summed E-state index contributed by atoms with van der Waals surface area (Å²) in [6.07, 6.45) is 3.31. The highest BCUT2D eigenvalue weighted by atomic mass is 16.5. The second-order valence-corrected chi connectivity index (χ2v) is 4.93. The summed E-state index contributed by atoms with van der Waals surface area (Å²) in [5, 5.41) is 7.02. The van der Waals surface area contributed by atoms with Gasteiger partial charge in [0.2, 0.25) is 5.91 Å². The van der Waals surface area contributed by atoms with Crippen molar-refractivity contribution in [1.29, 1.82) is 0 Å². The Bertz CT molecular complexity index is 800. The number of rotatable bonds is 5. The van der Waals surface area contributed by atoms with E-state index in [0.29, 0.717) is 5.69 Å². The number of carbonyl (C=O) groups is 1. The molecule has 0 aliphatic heterocycles. The molecule has 1 N–H and O–H groups in total. The first-order valence-corrected chi connectivity index (χ1v) is 7.13. The van der Waals surface area contributed by atoms with E-state index in [1.165, 1.54) is 6.33 Å². The molecular weight excluding hydrogens is 292 g/mol. The molecule has 1 heterocycles. The summed E-state index contributed by atoms with van der Waals surface area (Å²) in [7, 11) is 1.60. The van der Waals surface area contributed by atoms with Crippen molar-refractivity contribution >= 4 is 11.6 Å². The average Bonchev–Trinajstić information content (AvgIpc) is 3.10. The number of hydrogen-bond acceptors (Lipinski definition) is 4. The first-order valence-electron chi connectivity index (χ1n) is 7.13. The van der Waals surface area contributed by atoms with Crippen molar-refractivity contribution in [2.45, 2.75) is 6.42 Å². The van der Waals surface area contributed by atoms with Crippen LogP contribution in [-0.2, 0) is 11.2 Å². The Morgan fingerprint density at radius 2 is 2.09 bits per heavy atom. The van der Waals surface area contributed by atoms with Crippen LogP contribution in [0, 0.1) is 0 Å². The van der Waals surface area contributed by atoms with Gasteiger partial charge in [-0.05, 0) is 29.8 Å². The monoisotopic (exact) mass is 308 g/mol. The van der Waals surface area contributed by atoms with Gasteiger partial charge in [-0.2, -0.15) is 5.10 Å². The molecule has 3 rings (SSSR count). The van der Waals surface area contributed by atoms with Crippen LogP contribution in [0.2, 0.25) is 0 Å². The number of nitrogens with zero attached hydrogens (tertiary/aromatic N) is 3. The number of methoxy groups -OCH3 is 1. The molecule has 0 aliphatic carbocycles. The highest BCUT2D eigenvalue weighted by Gasteiger charge is 2.09. The second kappa shape index (κ2) is 6.74. The molecule has 0 atom stereocenters. The van der Waals surface area contributed by atoms with Gasteiger partial charge in [0.15, 0.2) is 0 Å². The number of hydrogen-bond donors (Lipinski definition) is 1. The van der Waals surface area contributed by atoms with Crippen LogP contribution in [-0.4, -0.2) is 27.8 Å². The predicted octanol–water partition coefficient (Wildman–Crippen LogP) is 2.46. The van der Waals surface area contributed by atoms with Gasteiger partial charge < -0.3 is 10.1 Å². The highest BCUT2D eigenvalue weighted by molar-refractivity contribution is 5.94. The maximum Gasteiger partial charge on any atom is 0.228 e. The smallest absolute Gasteiger partial charge is 0.228 e. The van der Waals surface area contributed by atoms with Gasteiger partial charge in [-0.3, -0.25) is 4.79 Å². The molecule has 0 spiro atoms. The van der Waals surface area contributed by atoms with E-state index >= 15 is 0 Å². The number of ether oxygens (including phenoxy) is 1. The molecule has 0 unspecified atom stereocenters. The molecule has 1 amide bonds. The van der Waals surface area contributed by atoms with E-state index in [4.69, 9.17) is 4.74 Å². The third-order valence-electron chi connectivity index (χ3n) is 3.34. The van der Waals surface area contributed by atoms with Crippen molar-refractivity contribution in [1.82, 2.24) is 14.8 Å². The van der Waals surface area contributed by atoms with E-state index in [1.807, 2.05) is 48.5 Å². The number of nitrogens with one attached hydrogen (secondary N) is 1. The summed E-state index contributed by atoms with van der Waals surface area (Å²) >= 11 is 0. The molecule has 0 bridgehead atoms.